The van der Waals surface area contributed by atoms with Crippen LogP contribution in [0.2, 0.25) is 5.02 Å². The summed E-state index contributed by atoms with van der Waals surface area (Å²) in [5.41, 5.74) is 8.02. The smallest absolute Gasteiger partial charge is 0.206 e. The third-order valence-corrected chi connectivity index (χ3v) is 3.00. The number of phenolic OH excluding ortho intramolecular Hbond substituents is 1. The number of anilines is 1. The van der Waals surface area contributed by atoms with Crippen LogP contribution in [0.4, 0.5) is 5.95 Å². The summed E-state index contributed by atoms with van der Waals surface area (Å²) in [5, 5.41) is 10.5. The number of fused-ring (bicyclic) bond motifs is 1. The van der Waals surface area contributed by atoms with Crippen LogP contribution >= 0.6 is 11.6 Å². The van der Waals surface area contributed by atoms with Gasteiger partial charge in [-0.25, -0.2) is 4.98 Å². The van der Waals surface area contributed by atoms with E-state index in [0.29, 0.717) is 16.7 Å². The number of imidazole rings is 1. The Kier molecular flexibility index (Phi) is 2.38. The molecular weight excluding hydrogens is 250 g/mol. The number of aromatic hydroxyl groups is 1. The number of rotatable bonds is 1. The summed E-state index contributed by atoms with van der Waals surface area (Å²) in [4.78, 5) is 4.25. The van der Waals surface area contributed by atoms with E-state index >= 15 is 0 Å². The molecule has 90 valence electrons. The topological polar surface area (TPSA) is 64.1 Å². The Hall–Kier alpha value is -2.20. The van der Waals surface area contributed by atoms with Crippen LogP contribution in [0.25, 0.3) is 16.7 Å². The first-order valence-electron chi connectivity index (χ1n) is 5.38. The van der Waals surface area contributed by atoms with Gasteiger partial charge in [-0.2, -0.15) is 0 Å². The average Bonchev–Trinajstić information content (AvgIpc) is 2.68. The van der Waals surface area contributed by atoms with Crippen molar-refractivity contribution in [3.8, 4) is 11.4 Å². The van der Waals surface area contributed by atoms with Gasteiger partial charge in [0.15, 0.2) is 0 Å². The number of aromatic nitrogens is 2. The minimum atomic E-state index is 0.106. The lowest BCUT2D eigenvalue weighted by Crippen LogP contribution is -2.00. The third kappa shape index (κ3) is 1.58. The van der Waals surface area contributed by atoms with Crippen molar-refractivity contribution in [2.45, 2.75) is 0 Å². The van der Waals surface area contributed by atoms with Crippen molar-refractivity contribution in [1.29, 1.82) is 0 Å². The Labute approximate surface area is 108 Å². The highest BCUT2D eigenvalue weighted by Gasteiger charge is 2.12. The number of nitrogens with zero attached hydrogens (tertiary/aromatic N) is 2. The molecule has 0 bridgehead atoms. The molecule has 3 rings (SSSR count). The van der Waals surface area contributed by atoms with Gasteiger partial charge < -0.3 is 10.8 Å². The molecule has 3 N–H and O–H groups in total. The second kappa shape index (κ2) is 3.92. The van der Waals surface area contributed by atoms with Gasteiger partial charge in [0.2, 0.25) is 5.95 Å². The molecule has 0 saturated heterocycles. The summed E-state index contributed by atoms with van der Waals surface area (Å²) in [7, 11) is 0. The van der Waals surface area contributed by atoms with Crippen molar-refractivity contribution in [1.82, 2.24) is 9.55 Å². The predicted molar refractivity (Wildman–Crippen MR) is 72.2 cm³/mol. The highest BCUT2D eigenvalue weighted by Crippen LogP contribution is 2.30. The van der Waals surface area contributed by atoms with Crippen molar-refractivity contribution in [3.63, 3.8) is 0 Å². The van der Waals surface area contributed by atoms with Gasteiger partial charge in [-0.05, 0) is 30.3 Å². The standard InChI is InChI=1S/C13H10ClN3O/c14-8-5-6-12(18)11(7-8)17-10-4-2-1-3-9(10)16-13(17)15/h1-7,18H,(H2,15,16). The van der Waals surface area contributed by atoms with E-state index in [-0.39, 0.29) is 5.75 Å². The Bertz CT molecular complexity index is 736. The third-order valence-electron chi connectivity index (χ3n) is 2.77. The number of benzene rings is 2. The molecule has 4 nitrogen and oxygen atoms in total. The summed E-state index contributed by atoms with van der Waals surface area (Å²) < 4.78 is 1.68. The molecule has 0 amide bonds. The van der Waals surface area contributed by atoms with Gasteiger partial charge in [-0.15, -0.1) is 0 Å². The van der Waals surface area contributed by atoms with E-state index in [1.165, 1.54) is 6.07 Å². The SMILES string of the molecule is Nc1nc2ccccc2n1-c1cc(Cl)ccc1O. The fourth-order valence-corrected chi connectivity index (χ4v) is 2.14. The summed E-state index contributed by atoms with van der Waals surface area (Å²) in [6.45, 7) is 0. The Morgan fingerprint density at radius 1 is 1.17 bits per heavy atom. The summed E-state index contributed by atoms with van der Waals surface area (Å²) in [6.07, 6.45) is 0. The van der Waals surface area contributed by atoms with Crippen molar-refractivity contribution < 1.29 is 5.11 Å². The maximum absolute atomic E-state index is 9.93. The number of hydrogen-bond acceptors (Lipinski definition) is 3. The lowest BCUT2D eigenvalue weighted by atomic mass is 10.2. The molecule has 2 aromatic carbocycles. The monoisotopic (exact) mass is 259 g/mol. The minimum Gasteiger partial charge on any atom is -0.506 e. The summed E-state index contributed by atoms with van der Waals surface area (Å²) >= 11 is 5.95. The maximum atomic E-state index is 9.93. The Balaban J connectivity index is 2.37. The highest BCUT2D eigenvalue weighted by atomic mass is 35.5. The molecule has 0 aliphatic heterocycles. The summed E-state index contributed by atoms with van der Waals surface area (Å²) in [6, 6.07) is 12.3. The number of para-hydroxylation sites is 2. The molecular formula is C13H10ClN3O. The number of nitrogens with two attached hydrogens (primary N) is 1. The van der Waals surface area contributed by atoms with Crippen LogP contribution in [0.15, 0.2) is 42.5 Å². The van der Waals surface area contributed by atoms with E-state index in [0.717, 1.165) is 11.0 Å². The Morgan fingerprint density at radius 2 is 1.94 bits per heavy atom. The molecule has 0 radical (unpaired) electrons. The van der Waals surface area contributed by atoms with Gasteiger partial charge >= 0.3 is 0 Å². The first-order valence-corrected chi connectivity index (χ1v) is 5.76. The molecule has 0 fully saturated rings. The van der Waals surface area contributed by atoms with Gasteiger partial charge in [-0.1, -0.05) is 23.7 Å². The van der Waals surface area contributed by atoms with Crippen LogP contribution in [0.3, 0.4) is 0 Å². The van der Waals surface area contributed by atoms with Crippen LogP contribution < -0.4 is 5.73 Å². The van der Waals surface area contributed by atoms with Gasteiger partial charge in [0.05, 0.1) is 16.7 Å². The van der Waals surface area contributed by atoms with Crippen molar-refractivity contribution in [2.75, 3.05) is 5.73 Å². The number of halogens is 1. The second-order valence-electron chi connectivity index (χ2n) is 3.93. The maximum Gasteiger partial charge on any atom is 0.206 e. The van der Waals surface area contributed by atoms with E-state index in [1.54, 1.807) is 16.7 Å². The molecule has 18 heavy (non-hydrogen) atoms. The molecule has 0 aliphatic rings. The first kappa shape index (κ1) is 10.9. The molecule has 1 aromatic heterocycles. The lowest BCUT2D eigenvalue weighted by molar-refractivity contribution is 0.473. The molecule has 5 heteroatoms. The molecule has 0 spiro atoms. The van der Waals surface area contributed by atoms with E-state index in [9.17, 15) is 5.11 Å². The van der Waals surface area contributed by atoms with Crippen molar-refractivity contribution in [2.24, 2.45) is 0 Å². The normalized spacial score (nSPS) is 10.9. The molecule has 1 heterocycles. The van der Waals surface area contributed by atoms with Crippen molar-refractivity contribution >= 4 is 28.6 Å². The van der Waals surface area contributed by atoms with Crippen LogP contribution in [-0.2, 0) is 0 Å². The zero-order valence-corrected chi connectivity index (χ0v) is 10.1. The van der Waals surface area contributed by atoms with E-state index in [2.05, 4.69) is 4.98 Å². The lowest BCUT2D eigenvalue weighted by Gasteiger charge is -2.09. The number of phenols is 1. The molecule has 0 saturated carbocycles. The minimum absolute atomic E-state index is 0.106. The zero-order valence-electron chi connectivity index (χ0n) is 9.34. The van der Waals surface area contributed by atoms with E-state index in [4.69, 9.17) is 17.3 Å². The van der Waals surface area contributed by atoms with Crippen LogP contribution in [-0.4, -0.2) is 14.7 Å². The summed E-state index contributed by atoms with van der Waals surface area (Å²) in [5.74, 6) is 0.419. The van der Waals surface area contributed by atoms with Gasteiger partial charge in [-0.3, -0.25) is 4.57 Å². The second-order valence-corrected chi connectivity index (χ2v) is 4.36. The van der Waals surface area contributed by atoms with Gasteiger partial charge in [0, 0.05) is 5.02 Å². The van der Waals surface area contributed by atoms with Gasteiger partial charge in [0.1, 0.15) is 5.75 Å². The number of hydrogen-bond donors (Lipinski definition) is 2. The van der Waals surface area contributed by atoms with E-state index < -0.39 is 0 Å². The zero-order chi connectivity index (χ0) is 12.7. The molecule has 0 atom stereocenters. The highest BCUT2D eigenvalue weighted by molar-refractivity contribution is 6.30. The fourth-order valence-electron chi connectivity index (χ4n) is 1.97. The molecule has 0 aliphatic carbocycles. The first-order chi connectivity index (χ1) is 8.66. The average molecular weight is 260 g/mol. The van der Waals surface area contributed by atoms with Crippen LogP contribution in [0.1, 0.15) is 0 Å². The molecule has 3 aromatic rings. The van der Waals surface area contributed by atoms with Crippen molar-refractivity contribution in [3.05, 3.63) is 47.5 Å². The fraction of sp³-hybridized carbons (Fsp3) is 0. The van der Waals surface area contributed by atoms with Gasteiger partial charge in [0.25, 0.3) is 0 Å². The Morgan fingerprint density at radius 3 is 2.78 bits per heavy atom. The van der Waals surface area contributed by atoms with E-state index in [1.807, 2.05) is 24.3 Å². The predicted octanol–water partition coefficient (Wildman–Crippen LogP) is 2.97. The quantitative estimate of drug-likeness (QED) is 0.706. The van der Waals surface area contributed by atoms with Crippen LogP contribution in [0, 0.1) is 0 Å². The van der Waals surface area contributed by atoms with Crippen LogP contribution in [0.5, 0.6) is 5.75 Å². The molecule has 0 unspecified atom stereocenters. The largest absolute Gasteiger partial charge is 0.506 e. The number of nitrogen functional groups attached to an aromatic ring is 1.